The molecule has 0 saturated carbocycles. The summed E-state index contributed by atoms with van der Waals surface area (Å²) in [7, 11) is 3.54. The Kier molecular flexibility index (Phi) is 8.61. The van der Waals surface area contributed by atoms with Gasteiger partial charge in [-0.3, -0.25) is 0 Å². The van der Waals surface area contributed by atoms with Gasteiger partial charge in [-0.05, 0) is 38.3 Å². The molecule has 1 N–H and O–H groups in total. The van der Waals surface area contributed by atoms with Gasteiger partial charge in [0.05, 0.1) is 6.61 Å². The van der Waals surface area contributed by atoms with E-state index < -0.39 is 0 Å². The minimum atomic E-state index is 0.808. The zero-order valence-electron chi connectivity index (χ0n) is 11.4. The summed E-state index contributed by atoms with van der Waals surface area (Å²) in [6, 6.07) is 0. The molecule has 1 aliphatic rings. The minimum absolute atomic E-state index is 0.808. The largest absolute Gasteiger partial charge is 0.385 e. The highest BCUT2D eigenvalue weighted by molar-refractivity contribution is 4.73. The van der Waals surface area contributed by atoms with Crippen LogP contribution >= 0.6 is 0 Å². The zero-order chi connectivity index (χ0) is 12.3. The number of nitrogens with one attached hydrogen (secondary N) is 1. The zero-order valence-corrected chi connectivity index (χ0v) is 11.4. The molecule has 0 spiro atoms. The molecule has 4 nitrogen and oxygen atoms in total. The molecule has 102 valence electrons. The van der Waals surface area contributed by atoms with Crippen LogP contribution in [0.25, 0.3) is 0 Å². The average Bonchev–Trinajstić information content (AvgIpc) is 2.37. The fraction of sp³-hybridized carbons (Fsp3) is 1.00. The Hall–Kier alpha value is -0.160. The third kappa shape index (κ3) is 6.99. The second kappa shape index (κ2) is 9.83. The van der Waals surface area contributed by atoms with E-state index >= 15 is 0 Å². The number of methoxy groups -OCH3 is 2. The summed E-state index contributed by atoms with van der Waals surface area (Å²) in [5, 5.41) is 3.48. The molecular formula is C13H28N2O2. The lowest BCUT2D eigenvalue weighted by atomic mass is 9.99. The first kappa shape index (κ1) is 14.9. The molecule has 1 atom stereocenters. The van der Waals surface area contributed by atoms with Gasteiger partial charge in [0.1, 0.15) is 0 Å². The number of hydrogen-bond donors (Lipinski definition) is 1. The second-order valence-corrected chi connectivity index (χ2v) is 4.85. The Labute approximate surface area is 106 Å². The van der Waals surface area contributed by atoms with Gasteiger partial charge in [0, 0.05) is 40.5 Å². The first-order chi connectivity index (χ1) is 8.36. The molecule has 1 aliphatic heterocycles. The highest BCUT2D eigenvalue weighted by Gasteiger charge is 2.16. The van der Waals surface area contributed by atoms with Crippen LogP contribution in [0.15, 0.2) is 0 Å². The third-order valence-electron chi connectivity index (χ3n) is 3.35. The molecule has 0 aromatic heterocycles. The summed E-state index contributed by atoms with van der Waals surface area (Å²) in [6.07, 6.45) is 3.79. The van der Waals surface area contributed by atoms with Gasteiger partial charge in [0.15, 0.2) is 0 Å². The van der Waals surface area contributed by atoms with Gasteiger partial charge in [-0.2, -0.15) is 0 Å². The van der Waals surface area contributed by atoms with E-state index in [0.717, 1.165) is 38.6 Å². The van der Waals surface area contributed by atoms with E-state index in [9.17, 15) is 0 Å². The van der Waals surface area contributed by atoms with Crippen LogP contribution in [0.5, 0.6) is 0 Å². The van der Waals surface area contributed by atoms with E-state index in [1.54, 1.807) is 14.2 Å². The maximum atomic E-state index is 5.18. The van der Waals surface area contributed by atoms with Crippen LogP contribution in [0.2, 0.25) is 0 Å². The normalized spacial score (nSPS) is 21.0. The van der Waals surface area contributed by atoms with Crippen molar-refractivity contribution in [2.24, 2.45) is 5.92 Å². The molecule has 1 rings (SSSR count). The SMILES string of the molecule is COCCCN(CCOC)C[C@@H]1CCCNC1. The Morgan fingerprint density at radius 3 is 2.65 bits per heavy atom. The lowest BCUT2D eigenvalue weighted by Crippen LogP contribution is -2.40. The van der Waals surface area contributed by atoms with Gasteiger partial charge in [0.2, 0.25) is 0 Å². The van der Waals surface area contributed by atoms with Crippen molar-refractivity contribution in [2.75, 3.05) is 60.2 Å². The number of ether oxygens (including phenoxy) is 2. The summed E-state index contributed by atoms with van der Waals surface area (Å²) >= 11 is 0. The molecule has 0 bridgehead atoms. The van der Waals surface area contributed by atoms with E-state index in [-0.39, 0.29) is 0 Å². The topological polar surface area (TPSA) is 33.7 Å². The summed E-state index contributed by atoms with van der Waals surface area (Å²) in [6.45, 7) is 7.40. The highest BCUT2D eigenvalue weighted by Crippen LogP contribution is 2.11. The molecule has 4 heteroatoms. The molecule has 0 unspecified atom stereocenters. The second-order valence-electron chi connectivity index (χ2n) is 4.85. The lowest BCUT2D eigenvalue weighted by Gasteiger charge is -2.30. The van der Waals surface area contributed by atoms with Crippen LogP contribution in [0.1, 0.15) is 19.3 Å². The Morgan fingerprint density at radius 2 is 2.00 bits per heavy atom. The molecule has 1 heterocycles. The third-order valence-corrected chi connectivity index (χ3v) is 3.35. The molecule has 1 fully saturated rings. The van der Waals surface area contributed by atoms with Crippen LogP contribution in [0.4, 0.5) is 0 Å². The summed E-state index contributed by atoms with van der Waals surface area (Å²) in [5.74, 6) is 0.808. The van der Waals surface area contributed by atoms with Crippen molar-refractivity contribution in [3.8, 4) is 0 Å². The Bertz CT molecular complexity index is 173. The van der Waals surface area contributed by atoms with E-state index in [1.807, 2.05) is 0 Å². The molecule has 1 saturated heterocycles. The van der Waals surface area contributed by atoms with E-state index in [2.05, 4.69) is 10.2 Å². The average molecular weight is 244 g/mol. The Morgan fingerprint density at radius 1 is 1.18 bits per heavy atom. The predicted molar refractivity (Wildman–Crippen MR) is 70.4 cm³/mol. The highest BCUT2D eigenvalue weighted by atomic mass is 16.5. The van der Waals surface area contributed by atoms with Gasteiger partial charge >= 0.3 is 0 Å². The molecule has 17 heavy (non-hydrogen) atoms. The van der Waals surface area contributed by atoms with Crippen LogP contribution in [-0.4, -0.2) is 65.1 Å². The molecule has 0 radical (unpaired) electrons. The van der Waals surface area contributed by atoms with Crippen molar-refractivity contribution in [2.45, 2.75) is 19.3 Å². The maximum Gasteiger partial charge on any atom is 0.0589 e. The van der Waals surface area contributed by atoms with Gasteiger partial charge < -0.3 is 19.7 Å². The standard InChI is InChI=1S/C13H28N2O2/c1-16-9-4-7-15(8-10-17-2)12-13-5-3-6-14-11-13/h13-14H,3-12H2,1-2H3/t13-/m1/s1. The van der Waals surface area contributed by atoms with E-state index in [1.165, 1.54) is 32.5 Å². The monoisotopic (exact) mass is 244 g/mol. The Balaban J connectivity index is 2.22. The summed E-state index contributed by atoms with van der Waals surface area (Å²) < 4.78 is 10.3. The first-order valence-corrected chi connectivity index (χ1v) is 6.77. The fourth-order valence-electron chi connectivity index (χ4n) is 2.39. The smallest absolute Gasteiger partial charge is 0.0589 e. The van der Waals surface area contributed by atoms with Crippen LogP contribution < -0.4 is 5.32 Å². The van der Waals surface area contributed by atoms with Crippen molar-refractivity contribution in [3.05, 3.63) is 0 Å². The maximum absolute atomic E-state index is 5.18. The van der Waals surface area contributed by atoms with Gasteiger partial charge in [-0.25, -0.2) is 0 Å². The predicted octanol–water partition coefficient (Wildman–Crippen LogP) is 0.971. The van der Waals surface area contributed by atoms with Crippen molar-refractivity contribution >= 4 is 0 Å². The van der Waals surface area contributed by atoms with Gasteiger partial charge in [-0.1, -0.05) is 0 Å². The number of hydrogen-bond acceptors (Lipinski definition) is 4. The molecule has 0 aromatic rings. The number of nitrogens with zero attached hydrogens (tertiary/aromatic N) is 1. The first-order valence-electron chi connectivity index (χ1n) is 6.77. The van der Waals surface area contributed by atoms with Crippen molar-refractivity contribution < 1.29 is 9.47 Å². The van der Waals surface area contributed by atoms with Crippen molar-refractivity contribution in [1.29, 1.82) is 0 Å². The van der Waals surface area contributed by atoms with Crippen LogP contribution in [0.3, 0.4) is 0 Å². The number of piperidine rings is 1. The van der Waals surface area contributed by atoms with Gasteiger partial charge in [-0.15, -0.1) is 0 Å². The minimum Gasteiger partial charge on any atom is -0.385 e. The van der Waals surface area contributed by atoms with E-state index in [4.69, 9.17) is 9.47 Å². The van der Waals surface area contributed by atoms with Gasteiger partial charge in [0.25, 0.3) is 0 Å². The molecule has 0 amide bonds. The fourth-order valence-corrected chi connectivity index (χ4v) is 2.39. The van der Waals surface area contributed by atoms with Crippen LogP contribution in [-0.2, 0) is 9.47 Å². The van der Waals surface area contributed by atoms with Crippen molar-refractivity contribution in [3.63, 3.8) is 0 Å². The quantitative estimate of drug-likeness (QED) is 0.613. The lowest BCUT2D eigenvalue weighted by molar-refractivity contribution is 0.118. The molecule has 0 aromatic carbocycles. The number of rotatable bonds is 9. The van der Waals surface area contributed by atoms with Crippen LogP contribution in [0, 0.1) is 5.92 Å². The summed E-state index contributed by atoms with van der Waals surface area (Å²) in [5.41, 5.74) is 0. The molecule has 0 aliphatic carbocycles. The van der Waals surface area contributed by atoms with E-state index in [0.29, 0.717) is 0 Å². The summed E-state index contributed by atoms with van der Waals surface area (Å²) in [4.78, 5) is 2.51. The van der Waals surface area contributed by atoms with Crippen molar-refractivity contribution in [1.82, 2.24) is 10.2 Å². The molecular weight excluding hydrogens is 216 g/mol.